The Bertz CT molecular complexity index is 161. The summed E-state index contributed by atoms with van der Waals surface area (Å²) in [6.45, 7) is 8.43. The molecule has 1 rings (SSSR count). The molecule has 0 aromatic carbocycles. The Hall–Kier alpha value is -0.120. The second-order valence-electron chi connectivity index (χ2n) is 5.18. The third-order valence-corrected chi connectivity index (χ3v) is 3.12. The molecule has 0 aliphatic carbocycles. The molecule has 3 nitrogen and oxygen atoms in total. The summed E-state index contributed by atoms with van der Waals surface area (Å²) < 4.78 is 0. The zero-order chi connectivity index (χ0) is 10.6. The third kappa shape index (κ3) is 3.95. The highest BCUT2D eigenvalue weighted by Gasteiger charge is 2.25. The summed E-state index contributed by atoms with van der Waals surface area (Å²) in [4.78, 5) is 2.37. The maximum atomic E-state index is 9.63. The molecule has 84 valence electrons. The molecule has 1 aliphatic heterocycles. The van der Waals surface area contributed by atoms with Crippen molar-refractivity contribution >= 4 is 0 Å². The maximum Gasteiger partial charge on any atom is 0.0791 e. The fourth-order valence-electron chi connectivity index (χ4n) is 1.94. The van der Waals surface area contributed by atoms with E-state index < -0.39 is 0 Å². The van der Waals surface area contributed by atoms with Crippen LogP contribution in [0.2, 0.25) is 0 Å². The third-order valence-electron chi connectivity index (χ3n) is 3.12. The van der Waals surface area contributed by atoms with Crippen molar-refractivity contribution in [2.24, 2.45) is 5.41 Å². The summed E-state index contributed by atoms with van der Waals surface area (Å²) >= 11 is 0. The van der Waals surface area contributed by atoms with Gasteiger partial charge in [-0.1, -0.05) is 13.8 Å². The monoisotopic (exact) mass is 200 g/mol. The van der Waals surface area contributed by atoms with Crippen LogP contribution in [0.1, 0.15) is 26.7 Å². The molecule has 0 aromatic heterocycles. The first kappa shape index (κ1) is 12.0. The molecular formula is C11H24N2O. The molecule has 0 amide bonds. The van der Waals surface area contributed by atoms with Crippen molar-refractivity contribution < 1.29 is 5.11 Å². The van der Waals surface area contributed by atoms with E-state index >= 15 is 0 Å². The smallest absolute Gasteiger partial charge is 0.0791 e. The number of nitrogens with zero attached hydrogens (tertiary/aromatic N) is 1. The molecule has 3 heteroatoms. The predicted octanol–water partition coefficient (Wildman–Crippen LogP) is 0.689. The van der Waals surface area contributed by atoms with E-state index in [1.807, 2.05) is 7.05 Å². The zero-order valence-electron chi connectivity index (χ0n) is 9.71. The number of aliphatic hydroxyl groups excluding tert-OH is 1. The second kappa shape index (κ2) is 5.10. The van der Waals surface area contributed by atoms with Gasteiger partial charge in [-0.3, -0.25) is 0 Å². The summed E-state index contributed by atoms with van der Waals surface area (Å²) in [5.74, 6) is 0. The quantitative estimate of drug-likeness (QED) is 0.701. The highest BCUT2D eigenvalue weighted by molar-refractivity contribution is 4.79. The highest BCUT2D eigenvalue weighted by atomic mass is 16.3. The van der Waals surface area contributed by atoms with Crippen LogP contribution in [0.3, 0.4) is 0 Å². The molecule has 0 spiro atoms. The minimum Gasteiger partial charge on any atom is -0.390 e. The number of nitrogens with one attached hydrogen (secondary N) is 1. The first-order valence-corrected chi connectivity index (χ1v) is 5.58. The molecule has 1 atom stereocenters. The topological polar surface area (TPSA) is 35.5 Å². The molecule has 1 heterocycles. The van der Waals surface area contributed by atoms with Gasteiger partial charge in [-0.05, 0) is 38.4 Å². The molecule has 2 N–H and O–H groups in total. The van der Waals surface area contributed by atoms with Crippen molar-refractivity contribution in [3.8, 4) is 0 Å². The Labute approximate surface area is 87.5 Å². The van der Waals surface area contributed by atoms with Crippen LogP contribution in [0.5, 0.6) is 0 Å². The molecule has 0 saturated carbocycles. The first-order valence-electron chi connectivity index (χ1n) is 5.58. The average molecular weight is 200 g/mol. The first-order chi connectivity index (χ1) is 6.53. The number of hydrogen-bond acceptors (Lipinski definition) is 3. The lowest BCUT2D eigenvalue weighted by molar-refractivity contribution is 0.0712. The Kier molecular flexibility index (Phi) is 4.35. The normalized spacial score (nSPS) is 24.9. The van der Waals surface area contributed by atoms with E-state index in [0.29, 0.717) is 12.0 Å². The van der Waals surface area contributed by atoms with E-state index in [-0.39, 0.29) is 6.10 Å². The Morgan fingerprint density at radius 3 is 2.43 bits per heavy atom. The second-order valence-corrected chi connectivity index (χ2v) is 5.18. The highest BCUT2D eigenvalue weighted by Crippen LogP contribution is 2.29. The van der Waals surface area contributed by atoms with Crippen LogP contribution in [-0.4, -0.2) is 49.3 Å². The Morgan fingerprint density at radius 1 is 1.36 bits per heavy atom. The van der Waals surface area contributed by atoms with E-state index in [4.69, 9.17) is 0 Å². The molecule has 0 radical (unpaired) electrons. The average Bonchev–Trinajstić information content (AvgIpc) is 2.09. The summed E-state index contributed by atoms with van der Waals surface area (Å²) in [6, 6.07) is 0. The number of β-amino-alcohol motifs (C(OH)–C–C–N with tert-alkyl or cyclic N) is 1. The van der Waals surface area contributed by atoms with Crippen molar-refractivity contribution in [1.82, 2.24) is 10.2 Å². The van der Waals surface area contributed by atoms with Gasteiger partial charge in [0, 0.05) is 13.1 Å². The van der Waals surface area contributed by atoms with E-state index in [1.165, 1.54) is 12.8 Å². The SMILES string of the molecule is CNCC(O)CN1CCC(C)(C)CC1. The lowest BCUT2D eigenvalue weighted by Crippen LogP contribution is -2.43. The van der Waals surface area contributed by atoms with Gasteiger partial charge >= 0.3 is 0 Å². The van der Waals surface area contributed by atoms with Gasteiger partial charge in [0.1, 0.15) is 0 Å². The standard InChI is InChI=1S/C11H24N2O/c1-11(2)4-6-13(7-5-11)9-10(14)8-12-3/h10,12,14H,4-9H2,1-3H3. The van der Waals surface area contributed by atoms with E-state index in [0.717, 1.165) is 19.6 Å². The minimum absolute atomic E-state index is 0.221. The molecule has 0 bridgehead atoms. The number of hydrogen-bond donors (Lipinski definition) is 2. The fourth-order valence-corrected chi connectivity index (χ4v) is 1.94. The van der Waals surface area contributed by atoms with Gasteiger partial charge in [0.2, 0.25) is 0 Å². The van der Waals surface area contributed by atoms with E-state index in [9.17, 15) is 5.11 Å². The number of aliphatic hydroxyl groups is 1. The summed E-state index contributed by atoms with van der Waals surface area (Å²) in [5.41, 5.74) is 0.504. The molecule has 1 aliphatic rings. The number of rotatable bonds is 4. The van der Waals surface area contributed by atoms with Crippen molar-refractivity contribution in [1.29, 1.82) is 0 Å². The maximum absolute atomic E-state index is 9.63. The van der Waals surface area contributed by atoms with Gasteiger partial charge in [-0.25, -0.2) is 0 Å². The summed E-state index contributed by atoms with van der Waals surface area (Å²) in [5, 5.41) is 12.6. The van der Waals surface area contributed by atoms with Gasteiger partial charge in [-0.2, -0.15) is 0 Å². The molecular weight excluding hydrogens is 176 g/mol. The van der Waals surface area contributed by atoms with E-state index in [1.54, 1.807) is 0 Å². The minimum atomic E-state index is -0.221. The number of likely N-dealkylation sites (tertiary alicyclic amines) is 1. The lowest BCUT2D eigenvalue weighted by atomic mass is 9.82. The van der Waals surface area contributed by atoms with Crippen LogP contribution in [0.25, 0.3) is 0 Å². The largest absolute Gasteiger partial charge is 0.390 e. The fraction of sp³-hybridized carbons (Fsp3) is 1.00. The van der Waals surface area contributed by atoms with Crippen molar-refractivity contribution in [3.05, 3.63) is 0 Å². The van der Waals surface area contributed by atoms with Gasteiger partial charge in [0.05, 0.1) is 6.10 Å². The molecule has 14 heavy (non-hydrogen) atoms. The summed E-state index contributed by atoms with van der Waals surface area (Å²) in [6.07, 6.45) is 2.28. The lowest BCUT2D eigenvalue weighted by Gasteiger charge is -2.37. The van der Waals surface area contributed by atoms with Crippen LogP contribution >= 0.6 is 0 Å². The van der Waals surface area contributed by atoms with Crippen LogP contribution < -0.4 is 5.32 Å². The number of piperidine rings is 1. The van der Waals surface area contributed by atoms with Gasteiger partial charge in [0.15, 0.2) is 0 Å². The predicted molar refractivity (Wildman–Crippen MR) is 59.4 cm³/mol. The van der Waals surface area contributed by atoms with Gasteiger partial charge < -0.3 is 15.3 Å². The molecule has 1 fully saturated rings. The Balaban J connectivity index is 2.22. The van der Waals surface area contributed by atoms with Gasteiger partial charge in [0.25, 0.3) is 0 Å². The van der Waals surface area contributed by atoms with E-state index in [2.05, 4.69) is 24.1 Å². The number of likely N-dealkylation sites (N-methyl/N-ethyl adjacent to an activating group) is 1. The van der Waals surface area contributed by atoms with Crippen LogP contribution in [-0.2, 0) is 0 Å². The van der Waals surface area contributed by atoms with Crippen LogP contribution in [0.15, 0.2) is 0 Å². The van der Waals surface area contributed by atoms with Gasteiger partial charge in [-0.15, -0.1) is 0 Å². The zero-order valence-corrected chi connectivity index (χ0v) is 9.71. The van der Waals surface area contributed by atoms with Crippen molar-refractivity contribution in [2.75, 3.05) is 33.2 Å². The molecule has 1 saturated heterocycles. The van der Waals surface area contributed by atoms with Crippen LogP contribution in [0.4, 0.5) is 0 Å². The molecule has 1 unspecified atom stereocenters. The van der Waals surface area contributed by atoms with Crippen molar-refractivity contribution in [2.45, 2.75) is 32.8 Å². The Morgan fingerprint density at radius 2 is 1.93 bits per heavy atom. The molecule has 0 aromatic rings. The van der Waals surface area contributed by atoms with Crippen LogP contribution in [0, 0.1) is 5.41 Å². The summed E-state index contributed by atoms with van der Waals surface area (Å²) in [7, 11) is 1.88. The van der Waals surface area contributed by atoms with Crippen molar-refractivity contribution in [3.63, 3.8) is 0 Å².